The first-order valence-corrected chi connectivity index (χ1v) is 10.3. The molecule has 2 aromatic carbocycles. The number of hydrogen-bond acceptors (Lipinski definition) is 5. The quantitative estimate of drug-likeness (QED) is 0.512. The summed E-state index contributed by atoms with van der Waals surface area (Å²) in [5.74, 6) is -0.933. The Kier molecular flexibility index (Phi) is 6.62. The summed E-state index contributed by atoms with van der Waals surface area (Å²) in [5.41, 5.74) is -1.48. The molecule has 0 aliphatic heterocycles. The second kappa shape index (κ2) is 8.48. The zero-order chi connectivity index (χ0) is 22.9. The van der Waals surface area contributed by atoms with E-state index in [1.807, 2.05) is 0 Å². The zero-order valence-corrected chi connectivity index (χ0v) is 17.1. The van der Waals surface area contributed by atoms with Crippen LogP contribution in [0.4, 0.5) is 30.2 Å². The summed E-state index contributed by atoms with van der Waals surface area (Å²) in [4.78, 5) is 22.6. The lowest BCUT2D eigenvalue weighted by Gasteiger charge is -2.24. The van der Waals surface area contributed by atoms with Gasteiger partial charge in [-0.05, 0) is 30.7 Å². The van der Waals surface area contributed by atoms with Crippen molar-refractivity contribution in [2.45, 2.75) is 13.1 Å². The monoisotopic (exact) mass is 465 g/mol. The number of nitrogens with zero attached hydrogens (tertiary/aromatic N) is 2. The van der Waals surface area contributed by atoms with Crippen LogP contribution in [0.3, 0.4) is 0 Å². The van der Waals surface area contributed by atoms with Gasteiger partial charge in [-0.2, -0.15) is 13.2 Å². The maximum Gasteiger partial charge on any atom is 0.416 e. The Morgan fingerprint density at radius 2 is 1.87 bits per heavy atom. The zero-order valence-electron chi connectivity index (χ0n) is 15.5. The van der Waals surface area contributed by atoms with Crippen molar-refractivity contribution in [3.05, 3.63) is 62.7 Å². The molecule has 2 aromatic rings. The van der Waals surface area contributed by atoms with Gasteiger partial charge in [-0.3, -0.25) is 19.2 Å². The number of nitro groups is 1. The summed E-state index contributed by atoms with van der Waals surface area (Å²) < 4.78 is 63.8. The van der Waals surface area contributed by atoms with Gasteiger partial charge in [0.2, 0.25) is 15.9 Å². The number of carbonyl (C=O) groups excluding carboxylic acids is 1. The minimum Gasteiger partial charge on any atom is -0.324 e. The number of anilines is 2. The molecule has 162 valence electrons. The van der Waals surface area contributed by atoms with Crippen molar-refractivity contribution in [1.29, 1.82) is 0 Å². The van der Waals surface area contributed by atoms with Crippen molar-refractivity contribution in [2.75, 3.05) is 22.4 Å². The smallest absolute Gasteiger partial charge is 0.324 e. The summed E-state index contributed by atoms with van der Waals surface area (Å²) in [6, 6.07) is 5.76. The predicted molar refractivity (Wildman–Crippen MR) is 105 cm³/mol. The molecule has 0 aliphatic rings. The summed E-state index contributed by atoms with van der Waals surface area (Å²) in [6.45, 7) is 0.652. The Morgan fingerprint density at radius 1 is 1.23 bits per heavy atom. The van der Waals surface area contributed by atoms with Crippen LogP contribution in [-0.2, 0) is 21.0 Å². The normalized spacial score (nSPS) is 11.8. The van der Waals surface area contributed by atoms with Crippen LogP contribution in [-0.4, -0.2) is 32.0 Å². The third kappa shape index (κ3) is 5.60. The molecule has 1 amide bonds. The molecule has 0 bridgehead atoms. The lowest BCUT2D eigenvalue weighted by Crippen LogP contribution is -2.37. The molecule has 0 radical (unpaired) electrons. The minimum atomic E-state index is -4.76. The molecule has 1 N–H and O–H groups in total. The van der Waals surface area contributed by atoms with Gasteiger partial charge in [-0.25, -0.2) is 8.42 Å². The number of benzene rings is 2. The van der Waals surface area contributed by atoms with Crippen molar-refractivity contribution in [3.63, 3.8) is 0 Å². The van der Waals surface area contributed by atoms with Gasteiger partial charge in [-0.1, -0.05) is 17.7 Å². The van der Waals surface area contributed by atoms with E-state index in [-0.39, 0.29) is 16.4 Å². The highest BCUT2D eigenvalue weighted by Gasteiger charge is 2.33. The van der Waals surface area contributed by atoms with E-state index < -0.39 is 44.8 Å². The number of aryl methyl sites for hydroxylation is 1. The van der Waals surface area contributed by atoms with E-state index in [1.165, 1.54) is 12.1 Å². The third-order valence-electron chi connectivity index (χ3n) is 3.94. The molecule has 0 aromatic heterocycles. The molecule has 0 saturated carbocycles. The molecule has 0 aliphatic carbocycles. The van der Waals surface area contributed by atoms with Crippen LogP contribution in [0.1, 0.15) is 11.1 Å². The average Bonchev–Trinajstić information content (AvgIpc) is 2.60. The number of sulfonamides is 1. The molecule has 13 heteroatoms. The van der Waals surface area contributed by atoms with Crippen molar-refractivity contribution < 1.29 is 31.3 Å². The molecule has 8 nitrogen and oxygen atoms in total. The lowest BCUT2D eigenvalue weighted by molar-refractivity contribution is -0.384. The van der Waals surface area contributed by atoms with Gasteiger partial charge < -0.3 is 5.32 Å². The molecule has 2 rings (SSSR count). The van der Waals surface area contributed by atoms with E-state index >= 15 is 0 Å². The highest BCUT2D eigenvalue weighted by Crippen LogP contribution is 2.36. The van der Waals surface area contributed by atoms with Crippen molar-refractivity contribution in [3.8, 4) is 0 Å². The van der Waals surface area contributed by atoms with Crippen molar-refractivity contribution in [2.24, 2.45) is 0 Å². The molecule has 0 atom stereocenters. The Bertz CT molecular complexity index is 1110. The molecule has 0 spiro atoms. The van der Waals surface area contributed by atoms with E-state index in [2.05, 4.69) is 5.32 Å². The van der Waals surface area contributed by atoms with Crippen LogP contribution in [0, 0.1) is 17.0 Å². The fraction of sp³-hybridized carbons (Fsp3) is 0.235. The molecule has 30 heavy (non-hydrogen) atoms. The summed E-state index contributed by atoms with van der Waals surface area (Å²) in [6.07, 6.45) is -4.06. The number of hydrogen-bond donors (Lipinski definition) is 1. The number of nitro benzene ring substituents is 1. The van der Waals surface area contributed by atoms with E-state index in [4.69, 9.17) is 11.6 Å². The van der Waals surface area contributed by atoms with Gasteiger partial charge in [0, 0.05) is 12.1 Å². The van der Waals surface area contributed by atoms with Crippen molar-refractivity contribution in [1.82, 2.24) is 0 Å². The number of amides is 1. The number of nitrogens with one attached hydrogen (secondary N) is 1. The summed E-state index contributed by atoms with van der Waals surface area (Å²) in [5, 5.41) is 12.9. The highest BCUT2D eigenvalue weighted by atomic mass is 35.5. The van der Waals surface area contributed by atoms with Crippen LogP contribution >= 0.6 is 11.6 Å². The van der Waals surface area contributed by atoms with Crippen LogP contribution in [0.25, 0.3) is 0 Å². The van der Waals surface area contributed by atoms with Gasteiger partial charge in [0.25, 0.3) is 5.69 Å². The number of rotatable bonds is 6. The number of non-ortho nitro benzene ring substituents is 1. The maximum absolute atomic E-state index is 13.0. The second-order valence-corrected chi connectivity index (χ2v) is 8.55. The summed E-state index contributed by atoms with van der Waals surface area (Å²) in [7, 11) is -4.21. The van der Waals surface area contributed by atoms with Crippen LogP contribution in [0.5, 0.6) is 0 Å². The Labute approximate surface area is 174 Å². The molecule has 0 unspecified atom stereocenters. The number of alkyl halides is 3. The van der Waals surface area contributed by atoms with E-state index in [0.29, 0.717) is 28.3 Å². The molecular formula is C17H15ClF3N3O5S. The second-order valence-electron chi connectivity index (χ2n) is 6.24. The van der Waals surface area contributed by atoms with Gasteiger partial charge in [-0.15, -0.1) is 0 Å². The molecule has 0 heterocycles. The first kappa shape index (κ1) is 23.4. The number of carbonyl (C=O) groups is 1. The predicted octanol–water partition coefficient (Wildman–Crippen LogP) is 3.98. The maximum atomic E-state index is 13.0. The van der Waals surface area contributed by atoms with Crippen molar-refractivity contribution >= 4 is 44.6 Å². The van der Waals surface area contributed by atoms with Crippen LogP contribution in [0.15, 0.2) is 36.4 Å². The minimum absolute atomic E-state index is 0.0535. The largest absolute Gasteiger partial charge is 0.416 e. The molecular weight excluding hydrogens is 451 g/mol. The third-order valence-corrected chi connectivity index (χ3v) is 5.38. The van der Waals surface area contributed by atoms with Gasteiger partial charge >= 0.3 is 6.18 Å². The first-order valence-electron chi connectivity index (χ1n) is 8.09. The standard InChI is InChI=1S/C17H15ClF3N3O5S/c1-10-3-5-12(24(26)27)8-14(10)22-16(25)9-23(30(2,28)29)15-7-11(17(19,20)21)4-6-13(15)18/h3-8H,9H2,1-2H3,(H,22,25). The Balaban J connectivity index is 2.39. The van der Waals surface area contributed by atoms with Gasteiger partial charge in [0.15, 0.2) is 0 Å². The topological polar surface area (TPSA) is 110 Å². The lowest BCUT2D eigenvalue weighted by atomic mass is 10.1. The van der Waals surface area contributed by atoms with E-state index in [1.54, 1.807) is 6.92 Å². The van der Waals surface area contributed by atoms with Gasteiger partial charge in [0.1, 0.15) is 6.54 Å². The molecule has 0 fully saturated rings. The van der Waals surface area contributed by atoms with Crippen LogP contribution in [0.2, 0.25) is 5.02 Å². The SMILES string of the molecule is Cc1ccc([N+](=O)[O-])cc1NC(=O)CN(c1cc(C(F)(F)F)ccc1Cl)S(C)(=O)=O. The van der Waals surface area contributed by atoms with Gasteiger partial charge in [0.05, 0.1) is 33.1 Å². The van der Waals surface area contributed by atoms with E-state index in [0.717, 1.165) is 12.1 Å². The average molecular weight is 466 g/mol. The fourth-order valence-electron chi connectivity index (χ4n) is 2.44. The van der Waals surface area contributed by atoms with E-state index in [9.17, 15) is 36.5 Å². The summed E-state index contributed by atoms with van der Waals surface area (Å²) >= 11 is 5.89. The van der Waals surface area contributed by atoms with Crippen LogP contribution < -0.4 is 9.62 Å². The highest BCUT2D eigenvalue weighted by molar-refractivity contribution is 7.92. The fourth-order valence-corrected chi connectivity index (χ4v) is 3.57. The molecule has 0 saturated heterocycles. The Morgan fingerprint density at radius 3 is 2.40 bits per heavy atom. The first-order chi connectivity index (χ1) is 13.7. The number of halogens is 4. The Hall–Kier alpha value is -2.86.